The molecule has 4 aromatic rings. The zero-order valence-corrected chi connectivity index (χ0v) is 21.3. The van der Waals surface area contributed by atoms with Gasteiger partial charge in [-0.1, -0.05) is 12.1 Å². The lowest BCUT2D eigenvalue weighted by molar-refractivity contribution is -0.192. The van der Waals surface area contributed by atoms with Crippen molar-refractivity contribution in [2.24, 2.45) is 0 Å². The number of aromatic amines is 1. The van der Waals surface area contributed by atoms with Crippen LogP contribution in [0.5, 0.6) is 0 Å². The van der Waals surface area contributed by atoms with Crippen LogP contribution in [0.4, 0.5) is 40.7 Å². The molecule has 2 aromatic carbocycles. The first-order valence-electron chi connectivity index (χ1n) is 11.7. The molecular formula is C24H22F4N6O5S. The summed E-state index contributed by atoms with van der Waals surface area (Å²) in [4.78, 5) is 19.3. The van der Waals surface area contributed by atoms with Crippen LogP contribution in [0.25, 0.3) is 10.9 Å². The topological polar surface area (TPSA) is 161 Å². The van der Waals surface area contributed by atoms with Crippen molar-refractivity contribution in [3.05, 3.63) is 60.2 Å². The van der Waals surface area contributed by atoms with Gasteiger partial charge in [-0.15, -0.1) is 0 Å². The Kier molecular flexibility index (Phi) is 8.20. The normalized spacial score (nSPS) is 13.8. The number of carboxylic acids is 1. The van der Waals surface area contributed by atoms with Crippen molar-refractivity contribution in [2.45, 2.75) is 23.9 Å². The maximum atomic E-state index is 14.9. The van der Waals surface area contributed by atoms with E-state index in [2.05, 4.69) is 25.5 Å². The smallest absolute Gasteiger partial charge is 0.475 e. The van der Waals surface area contributed by atoms with Crippen molar-refractivity contribution in [2.75, 3.05) is 29.1 Å². The molecule has 0 saturated heterocycles. The molecule has 0 saturated carbocycles. The fraction of sp³-hybridized carbons (Fsp3) is 0.250. The summed E-state index contributed by atoms with van der Waals surface area (Å²) >= 11 is 0. The van der Waals surface area contributed by atoms with Gasteiger partial charge >= 0.3 is 12.1 Å². The molecule has 0 unspecified atom stereocenters. The SMILES string of the molecule is O=C(O)C(F)(F)F.O=S1(=O)CCc2ccc(Nc3ncc(F)c(N(CCCO)c4cccc5[nH]ncc45)n3)cc21. The highest BCUT2D eigenvalue weighted by molar-refractivity contribution is 7.91. The number of sulfone groups is 1. The lowest BCUT2D eigenvalue weighted by atomic mass is 10.1. The van der Waals surface area contributed by atoms with Gasteiger partial charge in [-0.3, -0.25) is 5.10 Å². The van der Waals surface area contributed by atoms with Crippen LogP contribution in [0, 0.1) is 5.82 Å². The number of aryl methyl sites for hydroxylation is 1. The van der Waals surface area contributed by atoms with Crippen LogP contribution in [0.1, 0.15) is 12.0 Å². The average Bonchev–Trinajstić information content (AvgIpc) is 3.50. The van der Waals surface area contributed by atoms with Crippen molar-refractivity contribution in [3.63, 3.8) is 0 Å². The Morgan fingerprint density at radius 1 is 1.18 bits per heavy atom. The molecule has 212 valence electrons. The minimum Gasteiger partial charge on any atom is -0.475 e. The fourth-order valence-electron chi connectivity index (χ4n) is 3.98. The molecule has 16 heteroatoms. The van der Waals surface area contributed by atoms with Crippen LogP contribution in [0.3, 0.4) is 0 Å². The van der Waals surface area contributed by atoms with E-state index in [-0.39, 0.29) is 24.1 Å². The number of benzene rings is 2. The Labute approximate surface area is 224 Å². The number of carbonyl (C=O) groups is 1. The molecule has 1 aliphatic heterocycles. The molecule has 5 rings (SSSR count). The van der Waals surface area contributed by atoms with E-state index < -0.39 is 27.8 Å². The summed E-state index contributed by atoms with van der Waals surface area (Å²) in [5.74, 6) is -3.14. The van der Waals surface area contributed by atoms with E-state index in [9.17, 15) is 31.1 Å². The molecular weight excluding hydrogens is 560 g/mol. The Balaban J connectivity index is 0.000000470. The molecule has 0 spiro atoms. The van der Waals surface area contributed by atoms with Gasteiger partial charge in [0.25, 0.3) is 0 Å². The third-order valence-electron chi connectivity index (χ3n) is 5.81. The van der Waals surface area contributed by atoms with Crippen molar-refractivity contribution in [1.82, 2.24) is 20.2 Å². The summed E-state index contributed by atoms with van der Waals surface area (Å²) in [5, 5.41) is 27.2. The molecule has 3 heterocycles. The van der Waals surface area contributed by atoms with Gasteiger partial charge in [0.2, 0.25) is 5.95 Å². The Morgan fingerprint density at radius 2 is 1.93 bits per heavy atom. The van der Waals surface area contributed by atoms with Crippen LogP contribution in [0.2, 0.25) is 0 Å². The number of alkyl halides is 3. The molecule has 0 aliphatic carbocycles. The summed E-state index contributed by atoms with van der Waals surface area (Å²) in [5.41, 5.74) is 2.75. The highest BCUT2D eigenvalue weighted by Crippen LogP contribution is 2.33. The molecule has 0 radical (unpaired) electrons. The summed E-state index contributed by atoms with van der Waals surface area (Å²) in [6.07, 6.45) is -1.48. The van der Waals surface area contributed by atoms with Crippen molar-refractivity contribution in [3.8, 4) is 0 Å². The minimum absolute atomic E-state index is 0.0310. The number of fused-ring (bicyclic) bond motifs is 2. The van der Waals surface area contributed by atoms with Crippen LogP contribution >= 0.6 is 0 Å². The molecule has 0 atom stereocenters. The van der Waals surface area contributed by atoms with Crippen LogP contribution in [-0.4, -0.2) is 69.8 Å². The zero-order chi connectivity index (χ0) is 29.1. The molecule has 0 bridgehead atoms. The highest BCUT2D eigenvalue weighted by Gasteiger charge is 2.38. The number of halogens is 4. The van der Waals surface area contributed by atoms with Crippen LogP contribution < -0.4 is 10.2 Å². The average molecular weight is 583 g/mol. The maximum absolute atomic E-state index is 14.9. The standard InChI is InChI=1S/C22H21FN6O3S.C2HF3O2/c23-17-13-24-22(26-15-6-5-14-7-10-33(31,32)20(14)11-15)27-21(17)29(8-2-9-30)19-4-1-3-18-16(19)12-25-28-18;3-2(4,5)1(6)7/h1,3-6,11-13,30H,2,7-10H2,(H,25,28)(H,24,26,27);(H,6,7). The quantitative estimate of drug-likeness (QED) is 0.236. The molecule has 40 heavy (non-hydrogen) atoms. The maximum Gasteiger partial charge on any atom is 0.490 e. The predicted molar refractivity (Wildman–Crippen MR) is 136 cm³/mol. The molecule has 11 nitrogen and oxygen atoms in total. The molecule has 1 aliphatic rings. The summed E-state index contributed by atoms with van der Waals surface area (Å²) < 4.78 is 71.1. The number of aliphatic carboxylic acids is 1. The number of rotatable bonds is 7. The van der Waals surface area contributed by atoms with E-state index in [4.69, 9.17) is 9.90 Å². The number of hydrogen-bond donors (Lipinski definition) is 4. The number of aromatic nitrogens is 4. The number of nitrogens with zero attached hydrogens (tertiary/aromatic N) is 4. The fourth-order valence-corrected chi connectivity index (χ4v) is 5.56. The lowest BCUT2D eigenvalue weighted by Crippen LogP contribution is -2.22. The van der Waals surface area contributed by atoms with Gasteiger partial charge in [-0.05, 0) is 42.7 Å². The number of nitrogens with one attached hydrogen (secondary N) is 2. The monoisotopic (exact) mass is 582 g/mol. The Morgan fingerprint density at radius 3 is 2.62 bits per heavy atom. The number of aliphatic hydroxyl groups excluding tert-OH is 1. The number of H-pyrrole nitrogens is 1. The predicted octanol–water partition coefficient (Wildman–Crippen LogP) is 3.72. The minimum atomic E-state index is -5.08. The lowest BCUT2D eigenvalue weighted by Gasteiger charge is -2.25. The summed E-state index contributed by atoms with van der Waals surface area (Å²) in [6.45, 7) is 0.241. The zero-order valence-electron chi connectivity index (χ0n) is 20.5. The van der Waals surface area contributed by atoms with E-state index >= 15 is 0 Å². The number of carboxylic acid groups (broad SMARTS) is 1. The van der Waals surface area contributed by atoms with Crippen molar-refractivity contribution < 1.29 is 41.0 Å². The second-order valence-corrected chi connectivity index (χ2v) is 10.6. The molecule has 2 aromatic heterocycles. The van der Waals surface area contributed by atoms with E-state index in [0.717, 1.165) is 22.7 Å². The summed E-state index contributed by atoms with van der Waals surface area (Å²) in [7, 11) is -3.29. The van der Waals surface area contributed by atoms with E-state index in [1.807, 2.05) is 18.2 Å². The second-order valence-electron chi connectivity index (χ2n) is 8.52. The van der Waals surface area contributed by atoms with Gasteiger partial charge in [0.1, 0.15) is 0 Å². The van der Waals surface area contributed by atoms with E-state index in [0.29, 0.717) is 35.7 Å². The van der Waals surface area contributed by atoms with Gasteiger partial charge in [-0.2, -0.15) is 23.3 Å². The largest absolute Gasteiger partial charge is 0.490 e. The first-order valence-corrected chi connectivity index (χ1v) is 13.3. The third kappa shape index (κ3) is 6.28. The molecule has 4 N–H and O–H groups in total. The second kappa shape index (κ2) is 11.4. The molecule has 0 amide bonds. The first kappa shape index (κ1) is 28.7. The Bertz CT molecular complexity index is 1640. The van der Waals surface area contributed by atoms with Crippen LogP contribution in [-0.2, 0) is 21.1 Å². The van der Waals surface area contributed by atoms with Gasteiger partial charge in [0.05, 0.1) is 34.2 Å². The van der Waals surface area contributed by atoms with Gasteiger partial charge in [0.15, 0.2) is 21.5 Å². The van der Waals surface area contributed by atoms with Crippen molar-refractivity contribution >= 4 is 49.9 Å². The summed E-state index contributed by atoms with van der Waals surface area (Å²) in [6, 6.07) is 10.6. The highest BCUT2D eigenvalue weighted by atomic mass is 32.2. The Hall–Kier alpha value is -4.31. The third-order valence-corrected chi connectivity index (χ3v) is 7.61. The number of anilines is 4. The van der Waals surface area contributed by atoms with E-state index in [1.54, 1.807) is 29.3 Å². The van der Waals surface area contributed by atoms with Gasteiger partial charge in [0, 0.05) is 24.2 Å². The number of hydrogen-bond acceptors (Lipinski definition) is 9. The van der Waals surface area contributed by atoms with Gasteiger partial charge < -0.3 is 20.4 Å². The van der Waals surface area contributed by atoms with Gasteiger partial charge in [-0.25, -0.2) is 22.6 Å². The van der Waals surface area contributed by atoms with E-state index in [1.165, 1.54) is 0 Å². The molecule has 0 fully saturated rings. The first-order chi connectivity index (χ1) is 18.9. The van der Waals surface area contributed by atoms with Crippen LogP contribution in [0.15, 0.2) is 53.7 Å². The number of aliphatic hydroxyl groups is 1. The van der Waals surface area contributed by atoms with Crippen molar-refractivity contribution in [1.29, 1.82) is 0 Å².